The molecule has 11 heteroatoms. The highest BCUT2D eigenvalue weighted by Gasteiger charge is 2.24. The van der Waals surface area contributed by atoms with Gasteiger partial charge in [-0.05, 0) is 26.2 Å². The zero-order chi connectivity index (χ0) is 21.9. The van der Waals surface area contributed by atoms with Gasteiger partial charge in [-0.1, -0.05) is 20.8 Å². The lowest BCUT2D eigenvalue weighted by molar-refractivity contribution is -0.926. The third-order valence-electron chi connectivity index (χ3n) is 4.40. The average Bonchev–Trinajstić information content (AvgIpc) is 2.62. The molecule has 0 atom stereocenters. The summed E-state index contributed by atoms with van der Waals surface area (Å²) in [6.45, 7) is 14.7. The van der Waals surface area contributed by atoms with E-state index in [2.05, 4.69) is 27.7 Å². The summed E-state index contributed by atoms with van der Waals surface area (Å²) in [6.07, 6.45) is 3.98. The molecule has 158 valence electrons. The van der Waals surface area contributed by atoms with Crippen LogP contribution in [0.4, 0.5) is 17.1 Å². The van der Waals surface area contributed by atoms with E-state index in [-0.39, 0.29) is 0 Å². The van der Waals surface area contributed by atoms with Crippen LogP contribution < -0.4 is 5.11 Å². The van der Waals surface area contributed by atoms with E-state index in [1.54, 1.807) is 0 Å². The van der Waals surface area contributed by atoms with Crippen LogP contribution in [-0.2, 0) is 0 Å². The maximum Gasteiger partial charge on any atom is 0.283 e. The van der Waals surface area contributed by atoms with Gasteiger partial charge < -0.3 is 9.59 Å². The van der Waals surface area contributed by atoms with Crippen molar-refractivity contribution in [3.63, 3.8) is 0 Å². The molecular weight excluding hydrogens is 372 g/mol. The molecule has 0 N–H and O–H groups in total. The van der Waals surface area contributed by atoms with Gasteiger partial charge >= 0.3 is 0 Å². The second-order valence-electron chi connectivity index (χ2n) is 6.41. The number of nitro benzene ring substituents is 3. The Hall–Kier alpha value is -2.82. The molecule has 0 heterocycles. The van der Waals surface area contributed by atoms with Crippen LogP contribution in [0.5, 0.6) is 5.75 Å². The van der Waals surface area contributed by atoms with Gasteiger partial charge in [0.15, 0.2) is 0 Å². The molecule has 0 amide bonds. The fraction of sp³-hybridized carbons (Fsp3) is 0.647. The lowest BCUT2D eigenvalue weighted by Gasteiger charge is -2.37. The summed E-state index contributed by atoms with van der Waals surface area (Å²) in [5.74, 6) is -1.46. The molecule has 0 aliphatic heterocycles. The van der Waals surface area contributed by atoms with Gasteiger partial charge in [-0.3, -0.25) is 30.3 Å². The maximum absolute atomic E-state index is 11.1. The number of hydrogen-bond donors (Lipinski definition) is 0. The summed E-state index contributed by atoms with van der Waals surface area (Å²) in [4.78, 5) is 27.5. The van der Waals surface area contributed by atoms with Gasteiger partial charge in [-0.15, -0.1) is 0 Å². The number of nitro groups is 3. The van der Waals surface area contributed by atoms with Crippen LogP contribution in [0.3, 0.4) is 0 Å². The molecule has 1 aromatic rings. The first-order chi connectivity index (χ1) is 13.1. The minimum Gasteiger partial charge on any atom is -0.863 e. The molecule has 0 aliphatic rings. The molecule has 11 nitrogen and oxygen atoms in total. The SMILES string of the molecule is CCC[N+](CC)(CCC)CCC.O=[N+]([O-])c1cc([N+](=O)[O-])c([O-])c([N+](=O)[O-])c1. The first kappa shape index (κ1) is 25.2. The summed E-state index contributed by atoms with van der Waals surface area (Å²) in [7, 11) is 0. The van der Waals surface area contributed by atoms with Crippen LogP contribution in [0.1, 0.15) is 47.0 Å². The van der Waals surface area contributed by atoms with Crippen molar-refractivity contribution in [1.29, 1.82) is 0 Å². The Kier molecular flexibility index (Phi) is 10.6. The second kappa shape index (κ2) is 11.8. The summed E-state index contributed by atoms with van der Waals surface area (Å²) in [6, 6.07) is 0.769. The Labute approximate surface area is 163 Å². The maximum atomic E-state index is 11.1. The molecule has 0 bridgehead atoms. The smallest absolute Gasteiger partial charge is 0.283 e. The van der Waals surface area contributed by atoms with Crippen molar-refractivity contribution in [2.75, 3.05) is 26.2 Å². The molecule has 0 aliphatic carbocycles. The van der Waals surface area contributed by atoms with Gasteiger partial charge in [-0.25, -0.2) is 0 Å². The molecule has 0 radical (unpaired) electrons. The van der Waals surface area contributed by atoms with Crippen LogP contribution >= 0.6 is 0 Å². The van der Waals surface area contributed by atoms with Crippen molar-refractivity contribution < 1.29 is 24.4 Å². The fourth-order valence-electron chi connectivity index (χ4n) is 3.19. The summed E-state index contributed by atoms with van der Waals surface area (Å²) < 4.78 is 1.35. The van der Waals surface area contributed by atoms with Gasteiger partial charge in [-0.2, -0.15) is 0 Å². The van der Waals surface area contributed by atoms with E-state index in [1.807, 2.05) is 0 Å². The Morgan fingerprint density at radius 2 is 1.11 bits per heavy atom. The van der Waals surface area contributed by atoms with E-state index < -0.39 is 37.6 Å². The van der Waals surface area contributed by atoms with Crippen molar-refractivity contribution >= 4 is 17.1 Å². The van der Waals surface area contributed by atoms with Crippen molar-refractivity contribution in [3.8, 4) is 5.75 Å². The lowest BCUT2D eigenvalue weighted by atomic mass is 10.2. The Morgan fingerprint density at radius 3 is 1.32 bits per heavy atom. The average molecular weight is 400 g/mol. The predicted molar refractivity (Wildman–Crippen MR) is 102 cm³/mol. The molecule has 0 aromatic heterocycles. The molecule has 0 saturated carbocycles. The minimum atomic E-state index is -1.46. The Balaban J connectivity index is 0.000000546. The van der Waals surface area contributed by atoms with E-state index in [9.17, 15) is 35.4 Å². The van der Waals surface area contributed by atoms with Crippen molar-refractivity contribution in [1.82, 2.24) is 0 Å². The summed E-state index contributed by atoms with van der Waals surface area (Å²) >= 11 is 0. The van der Waals surface area contributed by atoms with Crippen LogP contribution in [0.2, 0.25) is 0 Å². The summed E-state index contributed by atoms with van der Waals surface area (Å²) in [5, 5.41) is 42.1. The van der Waals surface area contributed by atoms with Crippen molar-refractivity contribution in [2.24, 2.45) is 0 Å². The third kappa shape index (κ3) is 7.06. The van der Waals surface area contributed by atoms with Crippen LogP contribution in [0.25, 0.3) is 0 Å². The van der Waals surface area contributed by atoms with E-state index in [0.717, 1.165) is 0 Å². The number of quaternary nitrogens is 1. The molecule has 1 rings (SSSR count). The summed E-state index contributed by atoms with van der Waals surface area (Å²) in [5.41, 5.74) is -3.26. The molecule has 0 spiro atoms. The molecule has 0 fully saturated rings. The van der Waals surface area contributed by atoms with Crippen molar-refractivity contribution in [3.05, 3.63) is 42.5 Å². The molecule has 28 heavy (non-hydrogen) atoms. The van der Waals surface area contributed by atoms with Gasteiger partial charge in [0.05, 0.1) is 58.8 Å². The number of nitrogens with zero attached hydrogens (tertiary/aromatic N) is 4. The number of benzene rings is 1. The van der Waals surface area contributed by atoms with Crippen LogP contribution in [0, 0.1) is 30.3 Å². The predicted octanol–water partition coefficient (Wildman–Crippen LogP) is 3.54. The van der Waals surface area contributed by atoms with E-state index in [4.69, 9.17) is 0 Å². The molecule has 0 saturated heterocycles. The van der Waals surface area contributed by atoms with Crippen LogP contribution in [0.15, 0.2) is 12.1 Å². The first-order valence-corrected chi connectivity index (χ1v) is 9.22. The first-order valence-electron chi connectivity index (χ1n) is 9.22. The largest absolute Gasteiger partial charge is 0.863 e. The molecular formula is C17H28N4O7. The standard InChI is InChI=1S/C11H26N.C6H3N3O7/c1-5-9-12(8-4,10-6-2)11-7-3;10-6-4(8(13)14)1-3(7(11)12)2-5(6)9(15)16/h5-11H2,1-4H3;1-2,10H/q+1;/p-1. The molecule has 0 unspecified atom stereocenters. The fourth-order valence-corrected chi connectivity index (χ4v) is 3.19. The monoisotopic (exact) mass is 400 g/mol. The zero-order valence-corrected chi connectivity index (χ0v) is 16.8. The normalized spacial score (nSPS) is 10.7. The number of rotatable bonds is 10. The van der Waals surface area contributed by atoms with E-state index in [1.165, 1.54) is 49.9 Å². The quantitative estimate of drug-likeness (QED) is 0.330. The van der Waals surface area contributed by atoms with Gasteiger partial charge in [0, 0.05) is 0 Å². The lowest BCUT2D eigenvalue weighted by Crippen LogP contribution is -2.49. The number of non-ortho nitro benzene ring substituents is 1. The minimum absolute atomic E-state index is 0.384. The van der Waals surface area contributed by atoms with Gasteiger partial charge in [0.25, 0.3) is 17.1 Å². The third-order valence-corrected chi connectivity index (χ3v) is 4.40. The molecule has 1 aromatic carbocycles. The zero-order valence-electron chi connectivity index (χ0n) is 16.8. The highest BCUT2D eigenvalue weighted by molar-refractivity contribution is 5.63. The Morgan fingerprint density at radius 1 is 0.750 bits per heavy atom. The van der Waals surface area contributed by atoms with E-state index >= 15 is 0 Å². The van der Waals surface area contributed by atoms with Gasteiger partial charge in [0.2, 0.25) is 0 Å². The number of hydrogen-bond acceptors (Lipinski definition) is 7. The van der Waals surface area contributed by atoms with Crippen LogP contribution in [-0.4, -0.2) is 45.4 Å². The highest BCUT2D eigenvalue weighted by Crippen LogP contribution is 2.36. The van der Waals surface area contributed by atoms with Crippen molar-refractivity contribution in [2.45, 2.75) is 47.0 Å². The van der Waals surface area contributed by atoms with E-state index in [0.29, 0.717) is 12.1 Å². The Bertz CT molecular complexity index is 642. The topological polar surface area (TPSA) is 152 Å². The highest BCUT2D eigenvalue weighted by atomic mass is 16.6. The second-order valence-corrected chi connectivity index (χ2v) is 6.41. The van der Waals surface area contributed by atoms with Gasteiger partial charge in [0.1, 0.15) is 0 Å².